The Morgan fingerprint density at radius 3 is 2.76 bits per heavy atom. The SMILES string of the molecule is C/C(=N\O)c1ccc(F)cc1OC(C)C(N)=O. The average molecular weight is 240 g/mol. The molecule has 0 spiro atoms. The molecule has 0 aliphatic carbocycles. The Morgan fingerprint density at radius 1 is 1.59 bits per heavy atom. The minimum atomic E-state index is -0.901. The number of halogens is 1. The molecule has 0 bridgehead atoms. The molecule has 17 heavy (non-hydrogen) atoms. The monoisotopic (exact) mass is 240 g/mol. The zero-order chi connectivity index (χ0) is 13.0. The normalized spacial score (nSPS) is 13.2. The van der Waals surface area contributed by atoms with E-state index in [1.165, 1.54) is 26.0 Å². The highest BCUT2D eigenvalue weighted by Crippen LogP contribution is 2.22. The summed E-state index contributed by atoms with van der Waals surface area (Å²) in [5, 5.41) is 11.7. The number of primary amides is 1. The van der Waals surface area contributed by atoms with Gasteiger partial charge in [-0.25, -0.2) is 4.39 Å². The maximum Gasteiger partial charge on any atom is 0.258 e. The first-order chi connectivity index (χ1) is 7.95. The van der Waals surface area contributed by atoms with E-state index in [-0.39, 0.29) is 11.5 Å². The molecule has 0 fully saturated rings. The Morgan fingerprint density at radius 2 is 2.24 bits per heavy atom. The molecule has 6 heteroatoms. The zero-order valence-electron chi connectivity index (χ0n) is 9.48. The number of hydrogen-bond donors (Lipinski definition) is 2. The molecule has 0 saturated carbocycles. The van der Waals surface area contributed by atoms with Crippen LogP contribution < -0.4 is 10.5 Å². The summed E-state index contributed by atoms with van der Waals surface area (Å²) in [6, 6.07) is 3.70. The molecule has 1 aromatic carbocycles. The maximum absolute atomic E-state index is 13.1. The summed E-state index contributed by atoms with van der Waals surface area (Å²) in [6.07, 6.45) is -0.901. The molecule has 1 rings (SSSR count). The number of nitrogens with two attached hydrogens (primary N) is 1. The molecule has 0 heterocycles. The largest absolute Gasteiger partial charge is 0.480 e. The fourth-order valence-electron chi connectivity index (χ4n) is 1.19. The fourth-order valence-corrected chi connectivity index (χ4v) is 1.19. The van der Waals surface area contributed by atoms with E-state index in [1.54, 1.807) is 0 Å². The Bertz CT molecular complexity index is 460. The van der Waals surface area contributed by atoms with Crippen molar-refractivity contribution >= 4 is 11.6 Å². The first-order valence-electron chi connectivity index (χ1n) is 4.90. The molecule has 0 aliphatic heterocycles. The van der Waals surface area contributed by atoms with Gasteiger partial charge < -0.3 is 15.7 Å². The number of amides is 1. The van der Waals surface area contributed by atoms with Crippen LogP contribution >= 0.6 is 0 Å². The van der Waals surface area contributed by atoms with Gasteiger partial charge in [0.05, 0.1) is 5.71 Å². The molecular weight excluding hydrogens is 227 g/mol. The highest BCUT2D eigenvalue weighted by Gasteiger charge is 2.15. The van der Waals surface area contributed by atoms with Crippen molar-refractivity contribution < 1.29 is 19.1 Å². The smallest absolute Gasteiger partial charge is 0.258 e. The van der Waals surface area contributed by atoms with Gasteiger partial charge in [-0.15, -0.1) is 0 Å². The van der Waals surface area contributed by atoms with E-state index in [2.05, 4.69) is 5.16 Å². The van der Waals surface area contributed by atoms with Gasteiger partial charge in [0.1, 0.15) is 11.6 Å². The molecule has 0 aromatic heterocycles. The quantitative estimate of drug-likeness (QED) is 0.472. The summed E-state index contributed by atoms with van der Waals surface area (Å²) in [4.78, 5) is 10.9. The van der Waals surface area contributed by atoms with Crippen LogP contribution in [-0.4, -0.2) is 22.9 Å². The molecule has 0 radical (unpaired) electrons. The zero-order valence-corrected chi connectivity index (χ0v) is 9.48. The van der Waals surface area contributed by atoms with Crippen molar-refractivity contribution in [1.29, 1.82) is 0 Å². The molecular formula is C11H13FN2O3. The number of rotatable bonds is 4. The second-order valence-corrected chi connectivity index (χ2v) is 3.49. The number of ether oxygens (including phenoxy) is 1. The van der Waals surface area contributed by atoms with Gasteiger partial charge in [0.25, 0.3) is 5.91 Å². The first kappa shape index (κ1) is 13.0. The fraction of sp³-hybridized carbons (Fsp3) is 0.273. The Hall–Kier alpha value is -2.11. The van der Waals surface area contributed by atoms with Crippen molar-refractivity contribution in [1.82, 2.24) is 0 Å². The number of hydrogen-bond acceptors (Lipinski definition) is 4. The van der Waals surface area contributed by atoms with Crippen molar-refractivity contribution in [2.45, 2.75) is 20.0 Å². The van der Waals surface area contributed by atoms with Crippen LogP contribution in [0.2, 0.25) is 0 Å². The van der Waals surface area contributed by atoms with Crippen molar-refractivity contribution in [2.24, 2.45) is 10.9 Å². The lowest BCUT2D eigenvalue weighted by atomic mass is 10.1. The van der Waals surface area contributed by atoms with Crippen molar-refractivity contribution in [3.05, 3.63) is 29.6 Å². The molecule has 5 nitrogen and oxygen atoms in total. The number of nitrogens with zero attached hydrogens (tertiary/aromatic N) is 1. The van der Waals surface area contributed by atoms with Crippen molar-refractivity contribution in [2.75, 3.05) is 0 Å². The average Bonchev–Trinajstić information content (AvgIpc) is 2.28. The number of benzene rings is 1. The van der Waals surface area contributed by atoms with Gasteiger partial charge >= 0.3 is 0 Å². The summed E-state index contributed by atoms with van der Waals surface area (Å²) in [5.41, 5.74) is 5.68. The predicted octanol–water partition coefficient (Wildman–Crippen LogP) is 1.28. The molecule has 3 N–H and O–H groups in total. The van der Waals surface area contributed by atoms with E-state index in [9.17, 15) is 9.18 Å². The van der Waals surface area contributed by atoms with Crippen LogP contribution in [0.25, 0.3) is 0 Å². The summed E-state index contributed by atoms with van der Waals surface area (Å²) in [7, 11) is 0. The highest BCUT2D eigenvalue weighted by atomic mass is 19.1. The third kappa shape index (κ3) is 3.17. The Balaban J connectivity index is 3.12. The topological polar surface area (TPSA) is 84.9 Å². The summed E-state index contributed by atoms with van der Waals surface area (Å²) < 4.78 is 18.3. The van der Waals surface area contributed by atoms with Gasteiger partial charge in [-0.1, -0.05) is 5.16 Å². The van der Waals surface area contributed by atoms with Gasteiger partial charge in [0.15, 0.2) is 6.10 Å². The second kappa shape index (κ2) is 5.29. The van der Waals surface area contributed by atoms with Crippen LogP contribution in [0.5, 0.6) is 5.75 Å². The van der Waals surface area contributed by atoms with Gasteiger partial charge in [-0.2, -0.15) is 0 Å². The standard InChI is InChI=1S/C11H13FN2O3/c1-6(14-16)9-4-3-8(12)5-10(9)17-7(2)11(13)15/h3-5,7,16H,1-2H3,(H2,13,15)/b14-6+. The number of oxime groups is 1. The van der Waals surface area contributed by atoms with Crippen LogP contribution in [0.4, 0.5) is 4.39 Å². The molecule has 0 aliphatic rings. The van der Waals surface area contributed by atoms with Gasteiger partial charge in [0, 0.05) is 11.6 Å². The molecule has 1 atom stereocenters. The minimum absolute atomic E-state index is 0.103. The van der Waals surface area contributed by atoms with E-state index >= 15 is 0 Å². The van der Waals surface area contributed by atoms with E-state index in [1.807, 2.05) is 0 Å². The number of carbonyl (C=O) groups excluding carboxylic acids is 1. The molecule has 1 aromatic rings. The maximum atomic E-state index is 13.1. The second-order valence-electron chi connectivity index (χ2n) is 3.49. The lowest BCUT2D eigenvalue weighted by molar-refractivity contribution is -0.123. The van der Waals surface area contributed by atoms with Crippen molar-refractivity contribution in [3.63, 3.8) is 0 Å². The molecule has 1 unspecified atom stereocenters. The van der Waals surface area contributed by atoms with Crippen LogP contribution in [0.15, 0.2) is 23.4 Å². The Kier molecular flexibility index (Phi) is 4.03. The van der Waals surface area contributed by atoms with E-state index in [0.29, 0.717) is 5.56 Å². The van der Waals surface area contributed by atoms with Crippen LogP contribution in [-0.2, 0) is 4.79 Å². The van der Waals surface area contributed by atoms with Crippen LogP contribution in [0, 0.1) is 5.82 Å². The van der Waals surface area contributed by atoms with Gasteiger partial charge in [-0.3, -0.25) is 4.79 Å². The van der Waals surface area contributed by atoms with E-state index in [4.69, 9.17) is 15.7 Å². The predicted molar refractivity (Wildman–Crippen MR) is 59.7 cm³/mol. The summed E-state index contributed by atoms with van der Waals surface area (Å²) >= 11 is 0. The highest BCUT2D eigenvalue weighted by molar-refractivity contribution is 6.00. The van der Waals surface area contributed by atoms with Crippen LogP contribution in [0.3, 0.4) is 0 Å². The lowest BCUT2D eigenvalue weighted by Gasteiger charge is -2.14. The lowest BCUT2D eigenvalue weighted by Crippen LogP contribution is -2.31. The van der Waals surface area contributed by atoms with Gasteiger partial charge in [-0.05, 0) is 26.0 Å². The summed E-state index contributed by atoms with van der Waals surface area (Å²) in [5.74, 6) is -1.09. The van der Waals surface area contributed by atoms with Crippen molar-refractivity contribution in [3.8, 4) is 5.75 Å². The summed E-state index contributed by atoms with van der Waals surface area (Å²) in [6.45, 7) is 2.97. The molecule has 92 valence electrons. The first-order valence-corrected chi connectivity index (χ1v) is 4.90. The molecule has 0 saturated heterocycles. The third-order valence-corrected chi connectivity index (χ3v) is 2.19. The minimum Gasteiger partial charge on any atom is -0.480 e. The molecule has 1 amide bonds. The third-order valence-electron chi connectivity index (χ3n) is 2.19. The number of carbonyl (C=O) groups is 1. The van der Waals surface area contributed by atoms with E-state index < -0.39 is 17.8 Å². The van der Waals surface area contributed by atoms with Gasteiger partial charge in [0.2, 0.25) is 0 Å². The Labute approximate surface area is 97.7 Å². The van der Waals surface area contributed by atoms with Crippen LogP contribution in [0.1, 0.15) is 19.4 Å². The van der Waals surface area contributed by atoms with E-state index in [0.717, 1.165) is 6.07 Å².